The zero-order valence-corrected chi connectivity index (χ0v) is 10.4. The van der Waals surface area contributed by atoms with Gasteiger partial charge in [-0.05, 0) is 49.2 Å². The Labute approximate surface area is 106 Å². The van der Waals surface area contributed by atoms with Crippen LogP contribution in [0, 0.1) is 0 Å². The normalized spacial score (nSPS) is 15.4. The summed E-state index contributed by atoms with van der Waals surface area (Å²) >= 11 is 0. The molecule has 3 aromatic rings. The molecule has 2 heteroatoms. The molecule has 4 rings (SSSR count). The first-order chi connectivity index (χ1) is 8.81. The van der Waals surface area contributed by atoms with Crippen LogP contribution in [0.5, 0.6) is 0 Å². The molecule has 1 saturated carbocycles. The molecule has 0 radical (unpaired) electrons. The first-order valence-corrected chi connectivity index (χ1v) is 6.46. The van der Waals surface area contributed by atoms with Crippen molar-refractivity contribution >= 4 is 10.9 Å². The molecule has 1 aliphatic rings. The van der Waals surface area contributed by atoms with Crippen LogP contribution in [0.2, 0.25) is 0 Å². The van der Waals surface area contributed by atoms with Gasteiger partial charge in [-0.25, -0.2) is 0 Å². The van der Waals surface area contributed by atoms with E-state index in [1.54, 1.807) is 0 Å². The molecule has 0 bridgehead atoms. The first-order valence-electron chi connectivity index (χ1n) is 6.46. The SMILES string of the molecule is Cn1ccc2cc(-c3ccc(C4CC4)o3)ccc21. The van der Waals surface area contributed by atoms with Gasteiger partial charge in [0.25, 0.3) is 0 Å². The van der Waals surface area contributed by atoms with Gasteiger partial charge in [-0.2, -0.15) is 0 Å². The van der Waals surface area contributed by atoms with Crippen molar-refractivity contribution in [1.29, 1.82) is 0 Å². The van der Waals surface area contributed by atoms with Crippen molar-refractivity contribution in [3.8, 4) is 11.3 Å². The zero-order chi connectivity index (χ0) is 12.1. The Morgan fingerprint density at radius 2 is 2.00 bits per heavy atom. The van der Waals surface area contributed by atoms with Gasteiger partial charge in [0.05, 0.1) is 0 Å². The maximum Gasteiger partial charge on any atom is 0.134 e. The van der Waals surface area contributed by atoms with Crippen LogP contribution in [0.3, 0.4) is 0 Å². The second-order valence-electron chi connectivity index (χ2n) is 5.18. The summed E-state index contributed by atoms with van der Waals surface area (Å²) in [5.41, 5.74) is 2.42. The molecule has 0 aliphatic heterocycles. The van der Waals surface area contributed by atoms with Gasteiger partial charge in [-0.15, -0.1) is 0 Å². The molecule has 1 aromatic carbocycles. The highest BCUT2D eigenvalue weighted by atomic mass is 16.3. The van der Waals surface area contributed by atoms with Gasteiger partial charge in [0, 0.05) is 35.6 Å². The number of rotatable bonds is 2. The van der Waals surface area contributed by atoms with Crippen molar-refractivity contribution in [2.75, 3.05) is 0 Å². The van der Waals surface area contributed by atoms with E-state index in [4.69, 9.17) is 4.42 Å². The lowest BCUT2D eigenvalue weighted by Crippen LogP contribution is -1.83. The average molecular weight is 237 g/mol. The standard InChI is InChI=1S/C16H15NO/c1-17-9-8-12-10-13(4-5-14(12)17)16-7-6-15(18-16)11-2-3-11/h4-11H,2-3H2,1H3. The number of benzene rings is 1. The number of hydrogen-bond acceptors (Lipinski definition) is 1. The van der Waals surface area contributed by atoms with Crippen molar-refractivity contribution in [3.63, 3.8) is 0 Å². The van der Waals surface area contributed by atoms with Gasteiger partial charge in [-0.1, -0.05) is 0 Å². The largest absolute Gasteiger partial charge is 0.461 e. The molecular weight excluding hydrogens is 222 g/mol. The number of aryl methyl sites for hydroxylation is 1. The van der Waals surface area contributed by atoms with Gasteiger partial charge >= 0.3 is 0 Å². The predicted octanol–water partition coefficient (Wildman–Crippen LogP) is 4.32. The molecule has 1 aliphatic carbocycles. The third kappa shape index (κ3) is 1.49. The second kappa shape index (κ2) is 3.52. The highest BCUT2D eigenvalue weighted by Gasteiger charge is 2.26. The molecule has 0 N–H and O–H groups in total. The van der Waals surface area contributed by atoms with Crippen molar-refractivity contribution in [3.05, 3.63) is 48.4 Å². The van der Waals surface area contributed by atoms with Crippen molar-refractivity contribution in [2.24, 2.45) is 7.05 Å². The van der Waals surface area contributed by atoms with E-state index in [0.717, 1.165) is 11.5 Å². The molecule has 1 fully saturated rings. The lowest BCUT2D eigenvalue weighted by atomic mass is 10.1. The van der Waals surface area contributed by atoms with Gasteiger partial charge in [-0.3, -0.25) is 0 Å². The fourth-order valence-electron chi connectivity index (χ4n) is 2.53. The maximum atomic E-state index is 5.94. The minimum Gasteiger partial charge on any atom is -0.461 e. The van der Waals surface area contributed by atoms with E-state index in [1.807, 2.05) is 0 Å². The molecule has 2 nitrogen and oxygen atoms in total. The average Bonchev–Trinajstić information content (AvgIpc) is 3.01. The predicted molar refractivity (Wildman–Crippen MR) is 72.6 cm³/mol. The van der Waals surface area contributed by atoms with E-state index < -0.39 is 0 Å². The highest BCUT2D eigenvalue weighted by molar-refractivity contribution is 5.84. The summed E-state index contributed by atoms with van der Waals surface area (Å²) in [5.74, 6) is 2.82. The molecule has 0 amide bonds. The molecule has 0 unspecified atom stereocenters. The Morgan fingerprint density at radius 1 is 1.11 bits per heavy atom. The Morgan fingerprint density at radius 3 is 2.83 bits per heavy atom. The van der Waals surface area contributed by atoms with Crippen LogP contribution in [0.1, 0.15) is 24.5 Å². The summed E-state index contributed by atoms with van der Waals surface area (Å²) in [7, 11) is 2.07. The number of furan rings is 1. The van der Waals surface area contributed by atoms with Crippen molar-refractivity contribution < 1.29 is 4.42 Å². The Hall–Kier alpha value is -1.96. The molecule has 2 aromatic heterocycles. The number of hydrogen-bond donors (Lipinski definition) is 0. The third-order valence-electron chi connectivity index (χ3n) is 3.78. The molecule has 2 heterocycles. The highest BCUT2D eigenvalue weighted by Crippen LogP contribution is 2.42. The topological polar surface area (TPSA) is 18.1 Å². The van der Waals surface area contributed by atoms with Gasteiger partial charge in [0.15, 0.2) is 0 Å². The molecule has 0 atom stereocenters. The van der Waals surface area contributed by atoms with Crippen molar-refractivity contribution in [1.82, 2.24) is 4.57 Å². The van der Waals surface area contributed by atoms with Crippen LogP contribution >= 0.6 is 0 Å². The lowest BCUT2D eigenvalue weighted by molar-refractivity contribution is 0.525. The van der Waals surface area contributed by atoms with Gasteiger partial charge in [0.1, 0.15) is 11.5 Å². The van der Waals surface area contributed by atoms with Crippen LogP contribution in [0.25, 0.3) is 22.2 Å². The van der Waals surface area contributed by atoms with E-state index in [2.05, 4.69) is 54.2 Å². The fourth-order valence-corrected chi connectivity index (χ4v) is 2.53. The molecule has 18 heavy (non-hydrogen) atoms. The second-order valence-corrected chi connectivity index (χ2v) is 5.18. The Kier molecular flexibility index (Phi) is 1.95. The van der Waals surface area contributed by atoms with Crippen LogP contribution in [-0.4, -0.2) is 4.57 Å². The van der Waals surface area contributed by atoms with E-state index >= 15 is 0 Å². The summed E-state index contributed by atoms with van der Waals surface area (Å²) in [6.45, 7) is 0. The molecule has 0 saturated heterocycles. The monoisotopic (exact) mass is 237 g/mol. The molecule has 90 valence electrons. The summed E-state index contributed by atoms with van der Waals surface area (Å²) in [4.78, 5) is 0. The summed E-state index contributed by atoms with van der Waals surface area (Å²) in [5, 5.41) is 1.26. The minimum absolute atomic E-state index is 0.680. The van der Waals surface area contributed by atoms with E-state index in [9.17, 15) is 0 Å². The Bertz CT molecular complexity index is 716. The molecular formula is C16H15NO. The quantitative estimate of drug-likeness (QED) is 0.649. The van der Waals surface area contributed by atoms with Crippen LogP contribution in [0.4, 0.5) is 0 Å². The maximum absolute atomic E-state index is 5.94. The van der Waals surface area contributed by atoms with Crippen LogP contribution in [0.15, 0.2) is 47.0 Å². The number of fused-ring (bicyclic) bond motifs is 1. The van der Waals surface area contributed by atoms with Gasteiger partial charge in [0.2, 0.25) is 0 Å². The zero-order valence-electron chi connectivity index (χ0n) is 10.4. The van der Waals surface area contributed by atoms with E-state index in [1.165, 1.54) is 29.3 Å². The van der Waals surface area contributed by atoms with E-state index in [0.29, 0.717) is 5.92 Å². The first kappa shape index (κ1) is 10.0. The van der Waals surface area contributed by atoms with Crippen LogP contribution in [-0.2, 0) is 7.05 Å². The summed E-state index contributed by atoms with van der Waals surface area (Å²) in [6, 6.07) is 12.9. The van der Waals surface area contributed by atoms with Crippen LogP contribution < -0.4 is 0 Å². The molecule has 0 spiro atoms. The minimum atomic E-state index is 0.680. The van der Waals surface area contributed by atoms with Crippen molar-refractivity contribution in [2.45, 2.75) is 18.8 Å². The van der Waals surface area contributed by atoms with E-state index in [-0.39, 0.29) is 0 Å². The third-order valence-corrected chi connectivity index (χ3v) is 3.78. The van der Waals surface area contributed by atoms with Gasteiger partial charge < -0.3 is 8.98 Å². The fraction of sp³-hybridized carbons (Fsp3) is 0.250. The smallest absolute Gasteiger partial charge is 0.134 e. The number of aromatic nitrogens is 1. The Balaban J connectivity index is 1.80. The lowest BCUT2D eigenvalue weighted by Gasteiger charge is -2.00. The number of nitrogens with zero attached hydrogens (tertiary/aromatic N) is 1. The summed E-state index contributed by atoms with van der Waals surface area (Å²) in [6.07, 6.45) is 4.65. The summed E-state index contributed by atoms with van der Waals surface area (Å²) < 4.78 is 8.08.